The van der Waals surface area contributed by atoms with Crippen molar-refractivity contribution in [3.8, 4) is 5.69 Å². The lowest BCUT2D eigenvalue weighted by Gasteiger charge is -2.07. The van der Waals surface area contributed by atoms with Crippen molar-refractivity contribution in [3.05, 3.63) is 122 Å². The number of carbonyl (C=O) groups is 2. The quantitative estimate of drug-likeness (QED) is 0.224. The molecular weight excluding hydrogens is 474 g/mol. The molecule has 0 saturated heterocycles. The van der Waals surface area contributed by atoms with E-state index in [1.165, 1.54) is 47.2 Å². The van der Waals surface area contributed by atoms with E-state index in [1.807, 2.05) is 18.2 Å². The number of nitro groups is 1. The van der Waals surface area contributed by atoms with Gasteiger partial charge in [-0.2, -0.15) is 0 Å². The number of hydrogen-bond acceptors (Lipinski definition) is 5. The fourth-order valence-corrected chi connectivity index (χ4v) is 3.70. The van der Waals surface area contributed by atoms with Crippen LogP contribution in [0.25, 0.3) is 11.8 Å². The smallest absolute Gasteiger partial charge is 0.295 e. The second kappa shape index (κ2) is 10.6. The molecule has 0 aliphatic carbocycles. The maximum Gasteiger partial charge on any atom is 0.295 e. The van der Waals surface area contributed by atoms with Gasteiger partial charge in [-0.1, -0.05) is 24.3 Å². The number of aromatic nitrogens is 2. The Morgan fingerprint density at radius 1 is 0.946 bits per heavy atom. The van der Waals surface area contributed by atoms with Gasteiger partial charge in [0.2, 0.25) is 5.91 Å². The number of anilines is 2. The van der Waals surface area contributed by atoms with Crippen LogP contribution in [0, 0.1) is 17.0 Å². The van der Waals surface area contributed by atoms with E-state index < -0.39 is 16.7 Å². The minimum absolute atomic E-state index is 0.0404. The minimum atomic E-state index is -0.499. The number of non-ortho nitro benzene ring substituents is 1. The number of nitrogens with one attached hydrogen (secondary N) is 2. The van der Waals surface area contributed by atoms with Crippen LogP contribution in [-0.2, 0) is 11.8 Å². The van der Waals surface area contributed by atoms with E-state index in [2.05, 4.69) is 10.6 Å². The normalized spacial score (nSPS) is 10.9. The summed E-state index contributed by atoms with van der Waals surface area (Å²) in [6.07, 6.45) is 2.80. The number of rotatable bonds is 7. The Hall–Kier alpha value is -5.25. The second-order valence-corrected chi connectivity index (χ2v) is 8.14. The molecule has 0 fully saturated rings. The zero-order valence-electron chi connectivity index (χ0n) is 20.0. The van der Waals surface area contributed by atoms with Crippen LogP contribution in [0.4, 0.5) is 17.1 Å². The maximum absolute atomic E-state index is 13.1. The number of para-hydroxylation sites is 1. The van der Waals surface area contributed by atoms with Crippen LogP contribution in [0.5, 0.6) is 0 Å². The van der Waals surface area contributed by atoms with Crippen LogP contribution in [0.15, 0.2) is 89.7 Å². The SMILES string of the molecule is Cc1c(NC(=O)c2cccc(NC(=O)/C=C/c3ccc([N+](=O)[O-])cc3)c2)c(=O)n(-c2ccccc2)n1C. The van der Waals surface area contributed by atoms with Crippen molar-refractivity contribution >= 4 is 35.0 Å². The van der Waals surface area contributed by atoms with E-state index in [0.717, 1.165) is 0 Å². The number of amides is 2. The van der Waals surface area contributed by atoms with Gasteiger partial charge in [0.05, 0.1) is 16.3 Å². The molecule has 0 aliphatic heterocycles. The summed E-state index contributed by atoms with van der Waals surface area (Å²) in [7, 11) is 1.74. The molecule has 0 unspecified atom stereocenters. The number of hydrogen-bond donors (Lipinski definition) is 2. The van der Waals surface area contributed by atoms with E-state index in [1.54, 1.807) is 49.0 Å². The largest absolute Gasteiger partial charge is 0.322 e. The molecule has 1 heterocycles. The molecule has 186 valence electrons. The molecule has 0 spiro atoms. The van der Waals surface area contributed by atoms with Gasteiger partial charge in [0.15, 0.2) is 0 Å². The Bertz CT molecular complexity index is 1570. The van der Waals surface area contributed by atoms with Gasteiger partial charge >= 0.3 is 0 Å². The van der Waals surface area contributed by atoms with Crippen molar-refractivity contribution < 1.29 is 14.5 Å². The first-order chi connectivity index (χ1) is 17.7. The first kappa shape index (κ1) is 24.9. The first-order valence-electron chi connectivity index (χ1n) is 11.2. The van der Waals surface area contributed by atoms with Crippen molar-refractivity contribution in [1.29, 1.82) is 0 Å². The van der Waals surface area contributed by atoms with Gasteiger partial charge in [0.25, 0.3) is 17.2 Å². The van der Waals surface area contributed by atoms with Crippen LogP contribution in [0.1, 0.15) is 21.6 Å². The molecule has 0 saturated carbocycles. The molecule has 4 rings (SSSR count). The Morgan fingerprint density at radius 2 is 1.65 bits per heavy atom. The summed E-state index contributed by atoms with van der Waals surface area (Å²) in [6.45, 7) is 1.74. The molecule has 0 bridgehead atoms. The molecule has 10 heteroatoms. The van der Waals surface area contributed by atoms with Gasteiger partial charge in [0, 0.05) is 36.5 Å². The maximum atomic E-state index is 13.1. The van der Waals surface area contributed by atoms with Crippen molar-refractivity contribution in [2.24, 2.45) is 7.05 Å². The highest BCUT2D eigenvalue weighted by Crippen LogP contribution is 2.17. The average molecular weight is 498 g/mol. The standard InChI is InChI=1S/C27H23N5O5/c1-18-25(27(35)31(30(18)2)22-9-4-3-5-10-22)29-26(34)20-7-6-8-21(17-20)28-24(33)16-13-19-11-14-23(15-12-19)32(36)37/h3-17H,1-2H3,(H,28,33)(H,29,34)/b16-13+. The molecule has 2 amide bonds. The summed E-state index contributed by atoms with van der Waals surface area (Å²) in [5, 5.41) is 16.1. The van der Waals surface area contributed by atoms with Gasteiger partial charge in [-0.05, 0) is 61.0 Å². The number of nitro benzene ring substituents is 1. The topological polar surface area (TPSA) is 128 Å². The monoisotopic (exact) mass is 497 g/mol. The number of nitrogens with zero attached hydrogens (tertiary/aromatic N) is 3. The van der Waals surface area contributed by atoms with E-state index in [0.29, 0.717) is 22.6 Å². The lowest BCUT2D eigenvalue weighted by atomic mass is 10.1. The summed E-state index contributed by atoms with van der Waals surface area (Å²) in [5.74, 6) is -0.941. The zero-order chi connectivity index (χ0) is 26.5. The third-order valence-electron chi connectivity index (χ3n) is 5.72. The number of carbonyl (C=O) groups excluding carboxylic acids is 2. The molecule has 37 heavy (non-hydrogen) atoms. The second-order valence-electron chi connectivity index (χ2n) is 8.14. The number of benzene rings is 3. The lowest BCUT2D eigenvalue weighted by Crippen LogP contribution is -2.23. The van der Waals surface area contributed by atoms with Crippen LogP contribution in [0.2, 0.25) is 0 Å². The van der Waals surface area contributed by atoms with Gasteiger partial charge in [-0.3, -0.25) is 29.2 Å². The van der Waals surface area contributed by atoms with E-state index in [-0.39, 0.29) is 22.5 Å². The summed E-state index contributed by atoms with van der Waals surface area (Å²) in [6, 6.07) is 21.2. The van der Waals surface area contributed by atoms with Crippen molar-refractivity contribution in [2.45, 2.75) is 6.92 Å². The first-order valence-corrected chi connectivity index (χ1v) is 11.2. The molecule has 0 aliphatic rings. The Kier molecular flexibility index (Phi) is 7.10. The summed E-state index contributed by atoms with van der Waals surface area (Å²) < 4.78 is 3.14. The average Bonchev–Trinajstić information content (AvgIpc) is 3.11. The van der Waals surface area contributed by atoms with E-state index >= 15 is 0 Å². The fraction of sp³-hybridized carbons (Fsp3) is 0.0741. The summed E-state index contributed by atoms with van der Waals surface area (Å²) in [5.41, 5.74) is 2.28. The van der Waals surface area contributed by atoms with Crippen LogP contribution < -0.4 is 16.2 Å². The summed E-state index contributed by atoms with van der Waals surface area (Å²) >= 11 is 0. The lowest BCUT2D eigenvalue weighted by molar-refractivity contribution is -0.384. The molecular formula is C27H23N5O5. The minimum Gasteiger partial charge on any atom is -0.322 e. The van der Waals surface area contributed by atoms with Gasteiger partial charge in [-0.25, -0.2) is 4.68 Å². The van der Waals surface area contributed by atoms with E-state index in [4.69, 9.17) is 0 Å². The molecule has 2 N–H and O–H groups in total. The molecule has 4 aromatic rings. The van der Waals surface area contributed by atoms with Gasteiger partial charge < -0.3 is 10.6 Å². The molecule has 10 nitrogen and oxygen atoms in total. The summed E-state index contributed by atoms with van der Waals surface area (Å²) in [4.78, 5) is 48.6. The van der Waals surface area contributed by atoms with Crippen molar-refractivity contribution in [2.75, 3.05) is 10.6 Å². The highest BCUT2D eigenvalue weighted by atomic mass is 16.6. The fourth-order valence-electron chi connectivity index (χ4n) is 3.70. The Labute approximate surface area is 211 Å². The molecule has 0 atom stereocenters. The van der Waals surface area contributed by atoms with Crippen molar-refractivity contribution in [1.82, 2.24) is 9.36 Å². The predicted octanol–water partition coefficient (Wildman–Crippen LogP) is 4.30. The molecule has 3 aromatic carbocycles. The van der Waals surface area contributed by atoms with Crippen LogP contribution in [-0.4, -0.2) is 26.1 Å². The van der Waals surface area contributed by atoms with Crippen LogP contribution >= 0.6 is 0 Å². The highest BCUT2D eigenvalue weighted by molar-refractivity contribution is 6.06. The third kappa shape index (κ3) is 5.54. The molecule has 1 aromatic heterocycles. The van der Waals surface area contributed by atoms with Gasteiger partial charge in [0.1, 0.15) is 5.69 Å². The van der Waals surface area contributed by atoms with Crippen LogP contribution in [0.3, 0.4) is 0 Å². The Balaban J connectivity index is 1.47. The van der Waals surface area contributed by atoms with E-state index in [9.17, 15) is 24.5 Å². The predicted molar refractivity (Wildman–Crippen MR) is 141 cm³/mol. The van der Waals surface area contributed by atoms with Crippen molar-refractivity contribution in [3.63, 3.8) is 0 Å². The van der Waals surface area contributed by atoms with Gasteiger partial charge in [-0.15, -0.1) is 0 Å². The Morgan fingerprint density at radius 3 is 2.32 bits per heavy atom. The third-order valence-corrected chi connectivity index (χ3v) is 5.72. The highest BCUT2D eigenvalue weighted by Gasteiger charge is 2.19. The zero-order valence-corrected chi connectivity index (χ0v) is 20.0. The molecule has 0 radical (unpaired) electrons.